The average Bonchev–Trinajstić information content (AvgIpc) is 2.37. The van der Waals surface area contributed by atoms with Gasteiger partial charge in [-0.05, 0) is 0 Å². The Bertz CT molecular complexity index is 472. The van der Waals surface area contributed by atoms with Crippen molar-refractivity contribution in [2.45, 2.75) is 24.9 Å². The first-order chi connectivity index (χ1) is 10.2. The molecule has 2 heterocycles. The fourth-order valence-corrected chi connectivity index (χ4v) is 1.50. The fourth-order valence-electron chi connectivity index (χ4n) is 1.50. The van der Waals surface area contributed by atoms with Gasteiger partial charge in [0.05, 0.1) is 36.9 Å². The normalized spacial score (nSPS) is 21.8. The van der Waals surface area contributed by atoms with Crippen molar-refractivity contribution in [1.82, 2.24) is 21.3 Å². The zero-order valence-corrected chi connectivity index (χ0v) is 14.3. The van der Waals surface area contributed by atoms with Crippen LogP contribution < -0.4 is 31.5 Å². The van der Waals surface area contributed by atoms with Crippen LogP contribution in [-0.4, -0.2) is 91.1 Å². The Morgan fingerprint density at radius 3 is 1.29 bits per heavy atom. The molecule has 0 saturated carbocycles. The molecule has 14 heteroatoms. The molecule has 2 aliphatic heterocycles. The van der Waals surface area contributed by atoms with Crippen molar-refractivity contribution in [3.8, 4) is 0 Å². The summed E-state index contributed by atoms with van der Waals surface area (Å²) in [6.45, 7) is 0. The first-order valence-electron chi connectivity index (χ1n) is 5.81. The number of hydrogen-bond acceptors (Lipinski definition) is 8. The second kappa shape index (κ2) is 10.7. The summed E-state index contributed by atoms with van der Waals surface area (Å²) < 4.78 is 0. The number of rotatable bonds is 2. The van der Waals surface area contributed by atoms with Gasteiger partial charge in [-0.15, -0.1) is 0 Å². The third-order valence-corrected chi connectivity index (χ3v) is 2.46. The van der Waals surface area contributed by atoms with Gasteiger partial charge in [-0.25, -0.2) is 9.59 Å². The van der Waals surface area contributed by atoms with E-state index in [0.29, 0.717) is 0 Å². The zero-order valence-electron chi connectivity index (χ0n) is 12.0. The van der Waals surface area contributed by atoms with Crippen LogP contribution in [0.25, 0.3) is 0 Å². The third kappa shape index (κ3) is 8.05. The zero-order chi connectivity index (χ0) is 16.9. The molecule has 0 bridgehead atoms. The van der Waals surface area contributed by atoms with Crippen LogP contribution in [-0.2, 0) is 19.2 Å². The van der Waals surface area contributed by atoms with Crippen molar-refractivity contribution < 1.29 is 44.5 Å². The number of carbonyl (C=O) groups excluding carboxylic acids is 6. The third-order valence-electron chi connectivity index (χ3n) is 2.46. The molecule has 128 valence electrons. The molecular weight excluding hydrogens is 360 g/mol. The van der Waals surface area contributed by atoms with Gasteiger partial charge in [-0.3, -0.25) is 20.2 Å². The van der Waals surface area contributed by atoms with Crippen LogP contribution in [0.3, 0.4) is 0 Å². The van der Waals surface area contributed by atoms with E-state index in [1.807, 2.05) is 21.3 Å². The van der Waals surface area contributed by atoms with Crippen molar-refractivity contribution in [3.05, 3.63) is 0 Å². The van der Waals surface area contributed by atoms with Gasteiger partial charge in [-0.1, -0.05) is 0 Å². The number of urea groups is 2. The predicted octanol–water partition coefficient (Wildman–Crippen LogP) is -6.54. The molecule has 13 nitrogen and oxygen atoms in total. The van der Waals surface area contributed by atoms with E-state index in [4.69, 9.17) is 0 Å². The molecule has 2 fully saturated rings. The van der Waals surface area contributed by atoms with Crippen LogP contribution in [0.4, 0.5) is 9.59 Å². The van der Waals surface area contributed by atoms with Gasteiger partial charge in [0.2, 0.25) is 11.8 Å². The Kier molecular flexibility index (Phi) is 10.9. The van der Waals surface area contributed by atoms with Gasteiger partial charge in [0, 0.05) is 0 Å². The van der Waals surface area contributed by atoms with Gasteiger partial charge in [-0.2, -0.15) is 0 Å². The summed E-state index contributed by atoms with van der Waals surface area (Å²) in [7, 11) is 0. The number of amides is 6. The summed E-state index contributed by atoms with van der Waals surface area (Å²) in [5.74, 6) is -4.12. The minimum absolute atomic E-state index is 0. The Balaban J connectivity index is 0. The molecule has 0 aromatic heterocycles. The van der Waals surface area contributed by atoms with Crippen LogP contribution in [0.2, 0.25) is 0 Å². The maximum absolute atomic E-state index is 10.5. The predicted molar refractivity (Wildman–Crippen MR) is 69.5 cm³/mol. The van der Waals surface area contributed by atoms with E-state index in [-0.39, 0.29) is 56.1 Å². The largest absolute Gasteiger partial charge is 2.00 e. The molecule has 0 aromatic rings. The molecule has 6 amide bonds. The van der Waals surface area contributed by atoms with Crippen molar-refractivity contribution in [1.29, 1.82) is 0 Å². The monoisotopic (exact) mass is 372 g/mol. The number of imide groups is 2. The van der Waals surface area contributed by atoms with E-state index in [9.17, 15) is 39.0 Å². The Hall–Kier alpha value is -1.96. The van der Waals surface area contributed by atoms with Crippen LogP contribution in [0.15, 0.2) is 0 Å². The SMILES string of the molecule is O.O=C1CC(C(=O)[O-])NC(=O)N1.O=C1CC(C(=O)[O-])NC(=O)N1.[Ca+2]. The number of carboxylic acid groups (broad SMARTS) is 2. The van der Waals surface area contributed by atoms with Gasteiger partial charge in [0.1, 0.15) is 0 Å². The van der Waals surface area contributed by atoms with Crippen LogP contribution in [0, 0.1) is 0 Å². The molecule has 0 radical (unpaired) electrons. The molecule has 2 rings (SSSR count). The smallest absolute Gasteiger partial charge is 0.548 e. The maximum Gasteiger partial charge on any atom is 2.00 e. The molecule has 0 aromatic carbocycles. The average molecular weight is 372 g/mol. The molecule has 0 aliphatic carbocycles. The topological polar surface area (TPSA) is 228 Å². The van der Waals surface area contributed by atoms with Crippen LogP contribution in [0.1, 0.15) is 12.8 Å². The molecule has 6 N–H and O–H groups in total. The number of nitrogens with one attached hydrogen (secondary N) is 4. The maximum atomic E-state index is 10.5. The first kappa shape index (κ1) is 24.3. The van der Waals surface area contributed by atoms with E-state index in [1.54, 1.807) is 0 Å². The second-order valence-corrected chi connectivity index (χ2v) is 4.19. The van der Waals surface area contributed by atoms with Crippen molar-refractivity contribution in [2.75, 3.05) is 0 Å². The number of aliphatic carboxylic acids is 2. The summed E-state index contributed by atoms with van der Waals surface area (Å²) in [6, 6.07) is -3.99. The minimum atomic E-state index is -1.45. The van der Waals surface area contributed by atoms with E-state index in [2.05, 4.69) is 0 Å². The van der Waals surface area contributed by atoms with Crippen LogP contribution >= 0.6 is 0 Å². The number of hydrogen-bond donors (Lipinski definition) is 4. The Labute approximate surface area is 163 Å². The summed E-state index contributed by atoms with van der Waals surface area (Å²) in [4.78, 5) is 62.2. The van der Waals surface area contributed by atoms with Gasteiger partial charge < -0.3 is 35.9 Å². The summed E-state index contributed by atoms with van der Waals surface area (Å²) in [5, 5.41) is 28.1. The van der Waals surface area contributed by atoms with Crippen molar-refractivity contribution in [2.24, 2.45) is 0 Å². The molecule has 0 spiro atoms. The standard InChI is InChI=1S/2C5H6N2O4.Ca.H2O/c2*8-3-1-2(4(9)10)6-5(11)7-3;;/h2*2H,1H2,(H,9,10)(H2,6,7,8,11);;1H2/q;;+2;/p-2. The number of carbonyl (C=O) groups is 6. The second-order valence-electron chi connectivity index (χ2n) is 4.19. The van der Waals surface area contributed by atoms with E-state index < -0.39 is 47.9 Å². The Morgan fingerprint density at radius 1 is 0.792 bits per heavy atom. The molecular formula is C10H12CaN4O9. The minimum Gasteiger partial charge on any atom is -0.548 e. The summed E-state index contributed by atoms with van der Waals surface area (Å²) >= 11 is 0. The molecule has 2 atom stereocenters. The fraction of sp³-hybridized carbons (Fsp3) is 0.400. The quantitative estimate of drug-likeness (QED) is 0.340. The van der Waals surface area contributed by atoms with Crippen molar-refractivity contribution >= 4 is 73.6 Å². The van der Waals surface area contributed by atoms with E-state index >= 15 is 0 Å². The van der Waals surface area contributed by atoms with Crippen molar-refractivity contribution in [3.63, 3.8) is 0 Å². The molecule has 2 unspecified atom stereocenters. The van der Waals surface area contributed by atoms with Gasteiger partial charge in [0.25, 0.3) is 0 Å². The summed E-state index contributed by atoms with van der Waals surface area (Å²) in [5.41, 5.74) is 0. The van der Waals surface area contributed by atoms with E-state index in [0.717, 1.165) is 0 Å². The van der Waals surface area contributed by atoms with Gasteiger partial charge in [0.15, 0.2) is 0 Å². The number of carboxylic acids is 2. The van der Waals surface area contributed by atoms with E-state index in [1.165, 1.54) is 0 Å². The van der Waals surface area contributed by atoms with Gasteiger partial charge >= 0.3 is 49.8 Å². The first-order valence-corrected chi connectivity index (χ1v) is 5.81. The Morgan fingerprint density at radius 2 is 1.08 bits per heavy atom. The molecule has 24 heavy (non-hydrogen) atoms. The molecule has 2 saturated heterocycles. The summed E-state index contributed by atoms with van der Waals surface area (Å²) in [6.07, 6.45) is -0.540. The molecule has 2 aliphatic rings. The van der Waals surface area contributed by atoms with Crippen LogP contribution in [0.5, 0.6) is 0 Å².